The lowest BCUT2D eigenvalue weighted by Crippen LogP contribution is -2.44. The summed E-state index contributed by atoms with van der Waals surface area (Å²) in [6.07, 6.45) is 0. The molecule has 0 spiro atoms. The van der Waals surface area contributed by atoms with Gasteiger partial charge in [-0.3, -0.25) is 0 Å². The van der Waals surface area contributed by atoms with Gasteiger partial charge in [-0.15, -0.1) is 0 Å². The van der Waals surface area contributed by atoms with Crippen LogP contribution in [0.3, 0.4) is 0 Å². The van der Waals surface area contributed by atoms with Gasteiger partial charge in [0.05, 0.1) is 5.69 Å². The van der Waals surface area contributed by atoms with Crippen LogP contribution in [-0.4, -0.2) is 39.3 Å². The first kappa shape index (κ1) is 11.7. The topological polar surface area (TPSA) is 36.5 Å². The molecule has 2 aliphatic heterocycles. The van der Waals surface area contributed by atoms with Crippen molar-refractivity contribution >= 4 is 11.4 Å². The van der Waals surface area contributed by atoms with Crippen molar-refractivity contribution in [2.45, 2.75) is 13.8 Å². The molecule has 1 aromatic carbocycles. The summed E-state index contributed by atoms with van der Waals surface area (Å²) >= 11 is 0. The maximum atomic E-state index is 5.78. The Morgan fingerprint density at radius 2 is 1.89 bits per heavy atom. The second kappa shape index (κ2) is 4.69. The van der Waals surface area contributed by atoms with E-state index >= 15 is 0 Å². The summed E-state index contributed by atoms with van der Waals surface area (Å²) in [5.41, 5.74) is 5.12. The van der Waals surface area contributed by atoms with E-state index in [1.165, 1.54) is 16.8 Å². The Kier molecular flexibility index (Phi) is 3.04. The lowest BCUT2D eigenvalue weighted by Gasteiger charge is -2.33. The number of anilines is 2. The second-order valence-electron chi connectivity index (χ2n) is 5.03. The van der Waals surface area contributed by atoms with Gasteiger partial charge in [-0.2, -0.15) is 0 Å². The molecule has 0 aromatic heterocycles. The van der Waals surface area contributed by atoms with Gasteiger partial charge in [-0.25, -0.2) is 0 Å². The fourth-order valence-electron chi connectivity index (χ4n) is 2.77. The molecule has 0 radical (unpaired) electrons. The maximum Gasteiger partial charge on any atom is 0.145 e. The van der Waals surface area contributed by atoms with Crippen LogP contribution < -0.4 is 20.3 Å². The minimum atomic E-state index is 0.764. The summed E-state index contributed by atoms with van der Waals surface area (Å²) < 4.78 is 5.78. The molecule has 0 bridgehead atoms. The zero-order chi connectivity index (χ0) is 12.5. The van der Waals surface area contributed by atoms with Crippen LogP contribution in [0.4, 0.5) is 11.4 Å². The van der Waals surface area contributed by atoms with E-state index in [9.17, 15) is 0 Å². The molecule has 4 heteroatoms. The molecular weight excluding hydrogens is 226 g/mol. The van der Waals surface area contributed by atoms with Crippen LogP contribution in [0.15, 0.2) is 6.07 Å². The molecule has 0 amide bonds. The Balaban J connectivity index is 2.01. The minimum absolute atomic E-state index is 0.764. The first-order valence-electron chi connectivity index (χ1n) is 6.74. The summed E-state index contributed by atoms with van der Waals surface area (Å²) in [6, 6.07) is 2.25. The van der Waals surface area contributed by atoms with E-state index in [-0.39, 0.29) is 0 Å². The zero-order valence-corrected chi connectivity index (χ0v) is 11.2. The fourth-order valence-corrected chi connectivity index (χ4v) is 2.77. The van der Waals surface area contributed by atoms with Crippen LogP contribution in [0.25, 0.3) is 0 Å². The summed E-state index contributed by atoms with van der Waals surface area (Å²) in [7, 11) is 0. The van der Waals surface area contributed by atoms with Gasteiger partial charge in [0, 0.05) is 38.4 Å². The molecule has 0 atom stereocenters. The Morgan fingerprint density at radius 1 is 1.11 bits per heavy atom. The highest BCUT2D eigenvalue weighted by Crippen LogP contribution is 2.38. The van der Waals surface area contributed by atoms with Crippen molar-refractivity contribution in [3.05, 3.63) is 17.2 Å². The third-order valence-corrected chi connectivity index (χ3v) is 3.93. The Morgan fingerprint density at radius 3 is 2.67 bits per heavy atom. The fraction of sp³-hybridized carbons (Fsp3) is 0.571. The monoisotopic (exact) mass is 247 g/mol. The predicted molar refractivity (Wildman–Crippen MR) is 75.0 cm³/mol. The second-order valence-corrected chi connectivity index (χ2v) is 5.03. The van der Waals surface area contributed by atoms with Crippen LogP contribution in [0.1, 0.15) is 11.1 Å². The Bertz CT molecular complexity index is 453. The van der Waals surface area contributed by atoms with Crippen molar-refractivity contribution < 1.29 is 4.74 Å². The highest BCUT2D eigenvalue weighted by Gasteiger charge is 2.20. The van der Waals surface area contributed by atoms with Crippen LogP contribution in [0, 0.1) is 13.8 Å². The summed E-state index contributed by atoms with van der Waals surface area (Å²) in [6.45, 7) is 10.3. The van der Waals surface area contributed by atoms with Crippen molar-refractivity contribution in [2.75, 3.05) is 49.5 Å². The maximum absolute atomic E-state index is 5.78. The number of nitrogens with one attached hydrogen (secondary N) is 2. The summed E-state index contributed by atoms with van der Waals surface area (Å²) in [4.78, 5) is 2.47. The number of hydrogen-bond acceptors (Lipinski definition) is 4. The first-order chi connectivity index (χ1) is 8.77. The van der Waals surface area contributed by atoms with Gasteiger partial charge in [-0.05, 0) is 31.0 Å². The number of piperazine rings is 1. The van der Waals surface area contributed by atoms with Crippen LogP contribution in [-0.2, 0) is 0 Å². The zero-order valence-electron chi connectivity index (χ0n) is 11.2. The molecule has 1 fully saturated rings. The van der Waals surface area contributed by atoms with Crippen LogP contribution >= 0.6 is 0 Å². The molecule has 3 rings (SSSR count). The SMILES string of the molecule is Cc1c(N2CCNCC2)cc2c(c1C)OCCN2. The number of hydrogen-bond donors (Lipinski definition) is 2. The molecule has 98 valence electrons. The van der Waals surface area contributed by atoms with Gasteiger partial charge in [0.2, 0.25) is 0 Å². The van der Waals surface area contributed by atoms with Gasteiger partial charge in [0.15, 0.2) is 0 Å². The molecule has 0 aliphatic carbocycles. The van der Waals surface area contributed by atoms with Crippen molar-refractivity contribution in [3.63, 3.8) is 0 Å². The van der Waals surface area contributed by atoms with Gasteiger partial charge in [-0.1, -0.05) is 0 Å². The average molecular weight is 247 g/mol. The minimum Gasteiger partial charge on any atom is -0.489 e. The normalized spacial score (nSPS) is 18.9. The molecule has 1 aromatic rings. The highest BCUT2D eigenvalue weighted by atomic mass is 16.5. The summed E-state index contributed by atoms with van der Waals surface area (Å²) in [5, 5.41) is 6.84. The molecule has 1 saturated heterocycles. The van der Waals surface area contributed by atoms with E-state index in [0.717, 1.165) is 50.8 Å². The number of ether oxygens (including phenoxy) is 1. The van der Waals surface area contributed by atoms with Gasteiger partial charge in [0.1, 0.15) is 12.4 Å². The van der Waals surface area contributed by atoms with Crippen molar-refractivity contribution in [1.82, 2.24) is 5.32 Å². The van der Waals surface area contributed by atoms with E-state index in [2.05, 4.69) is 35.4 Å². The lowest BCUT2D eigenvalue weighted by atomic mass is 10.0. The average Bonchev–Trinajstić information content (AvgIpc) is 2.44. The molecule has 4 nitrogen and oxygen atoms in total. The standard InChI is InChI=1S/C14H21N3O/c1-10-11(2)14-12(16-5-8-18-14)9-13(10)17-6-3-15-4-7-17/h9,15-16H,3-8H2,1-2H3. The summed E-state index contributed by atoms with van der Waals surface area (Å²) in [5.74, 6) is 1.04. The smallest absolute Gasteiger partial charge is 0.145 e. The Hall–Kier alpha value is -1.42. The highest BCUT2D eigenvalue weighted by molar-refractivity contribution is 5.73. The van der Waals surface area contributed by atoms with Gasteiger partial charge in [0.25, 0.3) is 0 Å². The van der Waals surface area contributed by atoms with E-state index in [0.29, 0.717) is 0 Å². The van der Waals surface area contributed by atoms with E-state index in [1.54, 1.807) is 0 Å². The van der Waals surface area contributed by atoms with Crippen LogP contribution in [0.5, 0.6) is 5.75 Å². The molecule has 2 aliphatic rings. The Labute approximate surface area is 108 Å². The molecular formula is C14H21N3O. The largest absolute Gasteiger partial charge is 0.489 e. The van der Waals surface area contributed by atoms with E-state index < -0.39 is 0 Å². The van der Waals surface area contributed by atoms with Crippen LogP contribution in [0.2, 0.25) is 0 Å². The van der Waals surface area contributed by atoms with E-state index in [1.807, 2.05) is 0 Å². The molecule has 18 heavy (non-hydrogen) atoms. The molecule has 2 N–H and O–H groups in total. The van der Waals surface area contributed by atoms with Crippen molar-refractivity contribution in [2.24, 2.45) is 0 Å². The van der Waals surface area contributed by atoms with Gasteiger partial charge >= 0.3 is 0 Å². The quantitative estimate of drug-likeness (QED) is 0.789. The first-order valence-corrected chi connectivity index (χ1v) is 6.74. The van der Waals surface area contributed by atoms with E-state index in [4.69, 9.17) is 4.74 Å². The third kappa shape index (κ3) is 1.90. The molecule has 0 saturated carbocycles. The number of nitrogens with zero attached hydrogens (tertiary/aromatic N) is 1. The predicted octanol–water partition coefficient (Wildman–Crippen LogP) is 1.52. The number of benzene rings is 1. The molecule has 0 unspecified atom stereocenters. The van der Waals surface area contributed by atoms with Gasteiger partial charge < -0.3 is 20.3 Å². The van der Waals surface area contributed by atoms with Crippen molar-refractivity contribution in [1.29, 1.82) is 0 Å². The third-order valence-electron chi connectivity index (χ3n) is 3.93. The number of rotatable bonds is 1. The lowest BCUT2D eigenvalue weighted by molar-refractivity contribution is 0.321. The van der Waals surface area contributed by atoms with Crippen molar-refractivity contribution in [3.8, 4) is 5.75 Å². The molecule has 2 heterocycles. The number of fused-ring (bicyclic) bond motifs is 1.